The Hall–Kier alpha value is 0.0600. The molecule has 1 atom stereocenters. The van der Waals surface area contributed by atoms with E-state index >= 15 is 0 Å². The first-order valence-corrected chi connectivity index (χ1v) is 7.61. The summed E-state index contributed by atoms with van der Waals surface area (Å²) in [6, 6.07) is 0. The third-order valence-corrected chi connectivity index (χ3v) is 4.18. The number of hydrogen-bond donors (Lipinski definition) is 0. The largest absolute Gasteiger partial charge is 0.371 e. The molecule has 102 valence electrons. The minimum Gasteiger partial charge on any atom is -0.371 e. The zero-order valence-electron chi connectivity index (χ0n) is 11.6. The second kappa shape index (κ2) is 6.48. The first-order chi connectivity index (χ1) is 8.31. The van der Waals surface area contributed by atoms with Crippen molar-refractivity contribution in [2.75, 3.05) is 6.61 Å². The molecule has 0 radical (unpaired) electrons. The van der Waals surface area contributed by atoms with Crippen molar-refractivity contribution in [1.82, 2.24) is 9.97 Å². The van der Waals surface area contributed by atoms with E-state index < -0.39 is 0 Å². The van der Waals surface area contributed by atoms with E-state index in [0.717, 1.165) is 15.7 Å². The van der Waals surface area contributed by atoms with E-state index in [4.69, 9.17) is 16.3 Å². The van der Waals surface area contributed by atoms with Crippen LogP contribution >= 0.6 is 34.2 Å². The van der Waals surface area contributed by atoms with E-state index in [1.165, 1.54) is 0 Å². The molecule has 1 rings (SSSR count). The highest BCUT2D eigenvalue weighted by atomic mass is 127. The summed E-state index contributed by atoms with van der Waals surface area (Å²) < 4.78 is 6.58. The van der Waals surface area contributed by atoms with Gasteiger partial charge in [0, 0.05) is 12.0 Å². The smallest absolute Gasteiger partial charge is 0.159 e. The molecule has 1 unspecified atom stereocenters. The molecule has 0 aliphatic rings. The first-order valence-electron chi connectivity index (χ1n) is 6.16. The van der Waals surface area contributed by atoms with Gasteiger partial charge in [0.25, 0.3) is 0 Å². The minimum absolute atomic E-state index is 0.0532. The van der Waals surface area contributed by atoms with Gasteiger partial charge in [-0.2, -0.15) is 0 Å². The number of aromatic nitrogens is 2. The standard InChI is InChI=1S/C13H20ClIN2O/c1-6-8(18-7-2)12-16-10(13(3,4)5)9(15)11(14)17-12/h8H,6-7H2,1-5H3. The normalized spacial score (nSPS) is 13.7. The molecule has 0 aliphatic carbocycles. The summed E-state index contributed by atoms with van der Waals surface area (Å²) in [5, 5.41) is 0.517. The van der Waals surface area contributed by atoms with Crippen LogP contribution in [0.2, 0.25) is 5.15 Å². The Morgan fingerprint density at radius 2 is 1.89 bits per heavy atom. The van der Waals surface area contributed by atoms with Gasteiger partial charge in [0.05, 0.1) is 9.26 Å². The van der Waals surface area contributed by atoms with Crippen molar-refractivity contribution < 1.29 is 4.74 Å². The molecule has 0 N–H and O–H groups in total. The second-order valence-electron chi connectivity index (χ2n) is 5.14. The average Bonchev–Trinajstić information content (AvgIpc) is 2.28. The number of rotatable bonds is 4. The van der Waals surface area contributed by atoms with Gasteiger partial charge in [0.2, 0.25) is 0 Å². The predicted octanol–water partition coefficient (Wildman–Crippen LogP) is 4.52. The highest BCUT2D eigenvalue weighted by molar-refractivity contribution is 14.1. The maximum atomic E-state index is 6.21. The molecule has 18 heavy (non-hydrogen) atoms. The Morgan fingerprint density at radius 3 is 2.33 bits per heavy atom. The molecule has 0 amide bonds. The summed E-state index contributed by atoms with van der Waals surface area (Å²) in [5.41, 5.74) is 0.929. The molecule has 1 heterocycles. The van der Waals surface area contributed by atoms with Gasteiger partial charge in [0.1, 0.15) is 11.3 Å². The Labute approximate surface area is 128 Å². The number of halogens is 2. The predicted molar refractivity (Wildman–Crippen MR) is 83.1 cm³/mol. The van der Waals surface area contributed by atoms with Crippen molar-refractivity contribution in [3.8, 4) is 0 Å². The van der Waals surface area contributed by atoms with E-state index in [9.17, 15) is 0 Å². The van der Waals surface area contributed by atoms with Crippen molar-refractivity contribution >= 4 is 34.2 Å². The fraction of sp³-hybridized carbons (Fsp3) is 0.692. The lowest BCUT2D eigenvalue weighted by molar-refractivity contribution is 0.0531. The van der Waals surface area contributed by atoms with Crippen LogP contribution in [-0.4, -0.2) is 16.6 Å². The topological polar surface area (TPSA) is 35.0 Å². The number of nitrogens with zero attached hydrogens (tertiary/aromatic N) is 2. The lowest BCUT2D eigenvalue weighted by atomic mass is 9.92. The van der Waals surface area contributed by atoms with Crippen molar-refractivity contribution in [1.29, 1.82) is 0 Å². The average molecular weight is 383 g/mol. The summed E-state index contributed by atoms with van der Waals surface area (Å²) in [5.74, 6) is 0.690. The molecule has 0 fully saturated rings. The molecule has 0 aromatic carbocycles. The van der Waals surface area contributed by atoms with Crippen molar-refractivity contribution in [3.05, 3.63) is 20.2 Å². The molecule has 1 aromatic rings. The Balaban J connectivity index is 3.27. The lowest BCUT2D eigenvalue weighted by Gasteiger charge is -2.22. The zero-order valence-corrected chi connectivity index (χ0v) is 14.5. The SMILES string of the molecule is CCOC(CC)c1nc(Cl)c(I)c(C(C)(C)C)n1. The van der Waals surface area contributed by atoms with Gasteiger partial charge < -0.3 is 4.74 Å². The van der Waals surface area contributed by atoms with Crippen molar-refractivity contribution in [3.63, 3.8) is 0 Å². The fourth-order valence-corrected chi connectivity index (χ4v) is 2.88. The van der Waals surface area contributed by atoms with Gasteiger partial charge in [-0.05, 0) is 35.9 Å². The van der Waals surface area contributed by atoms with Crippen LogP contribution in [0.15, 0.2) is 0 Å². The van der Waals surface area contributed by atoms with Gasteiger partial charge in [-0.25, -0.2) is 9.97 Å². The van der Waals surface area contributed by atoms with Crippen molar-refractivity contribution in [2.45, 2.75) is 52.6 Å². The summed E-state index contributed by atoms with van der Waals surface area (Å²) in [6.45, 7) is 11.1. The van der Waals surface area contributed by atoms with Crippen LogP contribution < -0.4 is 0 Å². The summed E-state index contributed by atoms with van der Waals surface area (Å²) in [4.78, 5) is 9.02. The molecule has 5 heteroatoms. The molecule has 0 aliphatic heterocycles. The van der Waals surface area contributed by atoms with E-state index in [0.29, 0.717) is 17.6 Å². The van der Waals surface area contributed by atoms with Crippen LogP contribution in [0.25, 0.3) is 0 Å². The van der Waals surface area contributed by atoms with E-state index in [1.807, 2.05) is 6.92 Å². The van der Waals surface area contributed by atoms with Gasteiger partial charge in [-0.15, -0.1) is 0 Å². The Morgan fingerprint density at radius 1 is 1.28 bits per heavy atom. The second-order valence-corrected chi connectivity index (χ2v) is 6.57. The highest BCUT2D eigenvalue weighted by Gasteiger charge is 2.24. The summed E-state index contributed by atoms with van der Waals surface area (Å²) in [7, 11) is 0. The maximum absolute atomic E-state index is 6.21. The number of hydrogen-bond acceptors (Lipinski definition) is 3. The molecule has 0 spiro atoms. The molecule has 1 aromatic heterocycles. The minimum atomic E-state index is -0.0781. The van der Waals surface area contributed by atoms with E-state index in [1.54, 1.807) is 0 Å². The van der Waals surface area contributed by atoms with Crippen LogP contribution in [0.4, 0.5) is 0 Å². The zero-order chi connectivity index (χ0) is 13.9. The van der Waals surface area contributed by atoms with E-state index in [2.05, 4.69) is 60.3 Å². The summed E-state index contributed by atoms with van der Waals surface area (Å²) >= 11 is 8.42. The third kappa shape index (κ3) is 3.78. The van der Waals surface area contributed by atoms with Gasteiger partial charge in [-0.3, -0.25) is 0 Å². The van der Waals surface area contributed by atoms with Crippen LogP contribution in [0.3, 0.4) is 0 Å². The van der Waals surface area contributed by atoms with Crippen LogP contribution in [0, 0.1) is 3.57 Å². The Bertz CT molecular complexity index is 418. The highest BCUT2D eigenvalue weighted by Crippen LogP contribution is 2.31. The van der Waals surface area contributed by atoms with Crippen LogP contribution in [0.1, 0.15) is 58.7 Å². The van der Waals surface area contributed by atoms with Gasteiger partial charge >= 0.3 is 0 Å². The molecular formula is C13H20ClIN2O. The molecule has 0 saturated carbocycles. The van der Waals surface area contributed by atoms with E-state index in [-0.39, 0.29) is 11.5 Å². The molecule has 0 bridgehead atoms. The monoisotopic (exact) mass is 382 g/mol. The fourth-order valence-electron chi connectivity index (χ4n) is 1.65. The van der Waals surface area contributed by atoms with Gasteiger partial charge in [0.15, 0.2) is 5.82 Å². The first kappa shape index (κ1) is 16.1. The van der Waals surface area contributed by atoms with Crippen LogP contribution in [-0.2, 0) is 10.2 Å². The third-order valence-electron chi connectivity index (χ3n) is 2.57. The van der Waals surface area contributed by atoms with Crippen LogP contribution in [0.5, 0.6) is 0 Å². The summed E-state index contributed by atoms with van der Waals surface area (Å²) in [6.07, 6.45) is 0.763. The molecule has 0 saturated heterocycles. The van der Waals surface area contributed by atoms with Crippen molar-refractivity contribution in [2.24, 2.45) is 0 Å². The van der Waals surface area contributed by atoms with Gasteiger partial charge in [-0.1, -0.05) is 39.3 Å². The molecule has 3 nitrogen and oxygen atoms in total. The number of ether oxygens (including phenoxy) is 1. The quantitative estimate of drug-likeness (QED) is 0.567. The lowest BCUT2D eigenvalue weighted by Crippen LogP contribution is -2.20. The maximum Gasteiger partial charge on any atom is 0.159 e. The Kier molecular flexibility index (Phi) is 5.80. The molecular weight excluding hydrogens is 363 g/mol.